The van der Waals surface area contributed by atoms with Gasteiger partial charge in [0.1, 0.15) is 0 Å². The molecule has 0 heterocycles. The van der Waals surface area contributed by atoms with E-state index in [1.165, 1.54) is 58.7 Å². The van der Waals surface area contributed by atoms with Crippen LogP contribution in [0.2, 0.25) is 0 Å². The quantitative estimate of drug-likeness (QED) is 0.158. The first kappa shape index (κ1) is 30.5. The molecule has 1 aliphatic carbocycles. The van der Waals surface area contributed by atoms with Crippen LogP contribution in [0.15, 0.2) is 133 Å². The minimum absolute atomic E-state index is 0.00891. The van der Waals surface area contributed by atoms with Crippen molar-refractivity contribution in [2.24, 2.45) is 0 Å². The van der Waals surface area contributed by atoms with Crippen LogP contribution in [0.5, 0.6) is 0 Å². The zero-order valence-electron chi connectivity index (χ0n) is 27.2. The second-order valence-electron chi connectivity index (χ2n) is 12.9. The summed E-state index contributed by atoms with van der Waals surface area (Å²) in [6, 6.07) is 47.2. The fraction of sp³-hybridized carbons (Fsp3) is 0.205. The zero-order valence-corrected chi connectivity index (χ0v) is 27.2. The molecule has 6 aromatic rings. The maximum Gasteiger partial charge on any atom is 0.335 e. The molecule has 0 saturated heterocycles. The van der Waals surface area contributed by atoms with Crippen LogP contribution in [0, 0.1) is 0 Å². The molecule has 0 saturated carbocycles. The van der Waals surface area contributed by atoms with Gasteiger partial charge in [-0.25, -0.2) is 4.79 Å². The number of hydrogen-bond donors (Lipinski definition) is 1. The number of anilines is 3. The van der Waals surface area contributed by atoms with Crippen molar-refractivity contribution in [1.82, 2.24) is 0 Å². The van der Waals surface area contributed by atoms with E-state index in [0.717, 1.165) is 41.0 Å². The average Bonchev–Trinajstić information content (AvgIpc) is 3.39. The highest BCUT2D eigenvalue weighted by Gasteiger charge is 2.42. The van der Waals surface area contributed by atoms with Crippen LogP contribution >= 0.6 is 0 Å². The number of carboxylic acid groups (broad SMARTS) is 1. The lowest BCUT2D eigenvalue weighted by Gasteiger charge is -2.34. The fourth-order valence-corrected chi connectivity index (χ4v) is 7.57. The van der Waals surface area contributed by atoms with Gasteiger partial charge in [-0.3, -0.25) is 0 Å². The Balaban J connectivity index is 1.37. The Bertz CT molecular complexity index is 2030. The van der Waals surface area contributed by atoms with Gasteiger partial charge in [-0.15, -0.1) is 0 Å². The summed E-state index contributed by atoms with van der Waals surface area (Å²) in [5.74, 6) is -0.913. The van der Waals surface area contributed by atoms with Gasteiger partial charge < -0.3 is 10.0 Å². The SMILES string of the molecule is CCCCC1(CCCC)c2ccccc2-c2ccc(N(c3ccc(-c4ccc(C(=O)O)cc4)cc3)c3ccc4ccccc4c3)cc21. The summed E-state index contributed by atoms with van der Waals surface area (Å²) in [6.45, 7) is 4.61. The van der Waals surface area contributed by atoms with Gasteiger partial charge in [0.15, 0.2) is 0 Å². The molecule has 234 valence electrons. The van der Waals surface area contributed by atoms with Crippen molar-refractivity contribution >= 4 is 33.8 Å². The summed E-state index contributed by atoms with van der Waals surface area (Å²) in [4.78, 5) is 13.8. The van der Waals surface area contributed by atoms with Crippen LogP contribution in [0.4, 0.5) is 17.1 Å². The normalized spacial score (nSPS) is 12.9. The lowest BCUT2D eigenvalue weighted by Crippen LogP contribution is -2.25. The monoisotopic (exact) mass is 615 g/mol. The molecule has 0 spiro atoms. The predicted molar refractivity (Wildman–Crippen MR) is 196 cm³/mol. The average molecular weight is 616 g/mol. The lowest BCUT2D eigenvalue weighted by molar-refractivity contribution is 0.0697. The van der Waals surface area contributed by atoms with Gasteiger partial charge >= 0.3 is 5.97 Å². The number of unbranched alkanes of at least 4 members (excludes halogenated alkanes) is 2. The van der Waals surface area contributed by atoms with Gasteiger partial charge in [0, 0.05) is 22.5 Å². The third kappa shape index (κ3) is 5.61. The molecular formula is C44H41NO2. The van der Waals surface area contributed by atoms with Crippen molar-refractivity contribution < 1.29 is 9.90 Å². The van der Waals surface area contributed by atoms with Crippen LogP contribution in [-0.2, 0) is 5.41 Å². The van der Waals surface area contributed by atoms with Gasteiger partial charge in [-0.1, -0.05) is 124 Å². The molecule has 0 bridgehead atoms. The van der Waals surface area contributed by atoms with Crippen LogP contribution in [-0.4, -0.2) is 11.1 Å². The van der Waals surface area contributed by atoms with Crippen molar-refractivity contribution in [3.8, 4) is 22.3 Å². The molecule has 3 nitrogen and oxygen atoms in total. The Morgan fingerprint density at radius 3 is 1.81 bits per heavy atom. The van der Waals surface area contributed by atoms with E-state index in [0.29, 0.717) is 5.56 Å². The third-order valence-electron chi connectivity index (χ3n) is 10.0. The van der Waals surface area contributed by atoms with Crippen molar-refractivity contribution in [2.75, 3.05) is 4.90 Å². The van der Waals surface area contributed by atoms with Gasteiger partial charge in [-0.05, 0) is 106 Å². The van der Waals surface area contributed by atoms with E-state index in [1.54, 1.807) is 12.1 Å². The molecule has 0 aliphatic heterocycles. The summed E-state index contributed by atoms with van der Waals surface area (Å²) in [7, 11) is 0. The smallest absolute Gasteiger partial charge is 0.335 e. The number of carbonyl (C=O) groups is 1. The third-order valence-corrected chi connectivity index (χ3v) is 10.0. The van der Waals surface area contributed by atoms with Crippen LogP contribution < -0.4 is 4.90 Å². The van der Waals surface area contributed by atoms with E-state index >= 15 is 0 Å². The first-order valence-electron chi connectivity index (χ1n) is 17.0. The highest BCUT2D eigenvalue weighted by Crippen LogP contribution is 2.55. The Morgan fingerprint density at radius 2 is 1.13 bits per heavy atom. The second-order valence-corrected chi connectivity index (χ2v) is 12.9. The molecule has 1 N–H and O–H groups in total. The number of aromatic carboxylic acids is 1. The predicted octanol–water partition coefficient (Wildman–Crippen LogP) is 12.3. The van der Waals surface area contributed by atoms with Gasteiger partial charge in [-0.2, -0.15) is 0 Å². The van der Waals surface area contributed by atoms with Gasteiger partial charge in [0.2, 0.25) is 0 Å². The molecule has 3 heteroatoms. The number of nitrogens with zero attached hydrogens (tertiary/aromatic N) is 1. The molecular weight excluding hydrogens is 574 g/mol. The number of rotatable bonds is 11. The first-order valence-corrected chi connectivity index (χ1v) is 17.0. The molecule has 7 rings (SSSR count). The minimum atomic E-state index is -0.913. The molecule has 6 aromatic carbocycles. The zero-order chi connectivity index (χ0) is 32.4. The molecule has 0 fully saturated rings. The van der Waals surface area contributed by atoms with E-state index in [-0.39, 0.29) is 5.41 Å². The molecule has 0 unspecified atom stereocenters. The molecule has 0 amide bonds. The van der Waals surface area contributed by atoms with Gasteiger partial charge in [0.25, 0.3) is 0 Å². The number of benzene rings is 6. The minimum Gasteiger partial charge on any atom is -0.478 e. The number of fused-ring (bicyclic) bond motifs is 4. The second kappa shape index (κ2) is 12.9. The first-order chi connectivity index (χ1) is 23.0. The Labute approximate surface area is 278 Å². The van der Waals surface area contributed by atoms with Crippen LogP contribution in [0.25, 0.3) is 33.0 Å². The van der Waals surface area contributed by atoms with E-state index < -0.39 is 5.97 Å². The largest absolute Gasteiger partial charge is 0.478 e. The topological polar surface area (TPSA) is 40.5 Å². The Kier molecular flexibility index (Phi) is 8.39. The summed E-state index contributed by atoms with van der Waals surface area (Å²) >= 11 is 0. The summed E-state index contributed by atoms with van der Waals surface area (Å²) < 4.78 is 0. The Morgan fingerprint density at radius 1 is 0.574 bits per heavy atom. The highest BCUT2D eigenvalue weighted by atomic mass is 16.4. The van der Waals surface area contributed by atoms with E-state index in [2.05, 4.69) is 128 Å². The number of hydrogen-bond acceptors (Lipinski definition) is 2. The molecule has 1 aliphatic rings. The fourth-order valence-electron chi connectivity index (χ4n) is 7.57. The standard InChI is InChI=1S/C44H41NO2/c1-3-5-27-44(28-6-4-2)41-14-10-9-13-39(41)40-26-25-38(30-42(40)44)45(37-24-21-31-11-7-8-12-35(31)29-37)36-22-19-33(20-23-36)32-15-17-34(18-16-32)43(46)47/h7-26,29-30H,3-6,27-28H2,1-2H3,(H,46,47). The summed E-state index contributed by atoms with van der Waals surface area (Å²) in [5.41, 5.74) is 11.4. The molecule has 0 atom stereocenters. The maximum absolute atomic E-state index is 11.4. The Hall–Kier alpha value is -5.15. The van der Waals surface area contributed by atoms with Crippen molar-refractivity contribution in [3.63, 3.8) is 0 Å². The molecule has 0 radical (unpaired) electrons. The van der Waals surface area contributed by atoms with E-state index in [4.69, 9.17) is 0 Å². The van der Waals surface area contributed by atoms with Crippen LogP contribution in [0.3, 0.4) is 0 Å². The van der Waals surface area contributed by atoms with E-state index in [1.807, 2.05) is 12.1 Å². The maximum atomic E-state index is 11.4. The van der Waals surface area contributed by atoms with Gasteiger partial charge in [0.05, 0.1) is 5.56 Å². The summed E-state index contributed by atoms with van der Waals surface area (Å²) in [6.07, 6.45) is 7.07. The van der Waals surface area contributed by atoms with Crippen molar-refractivity contribution in [1.29, 1.82) is 0 Å². The van der Waals surface area contributed by atoms with Crippen molar-refractivity contribution in [2.45, 2.75) is 57.8 Å². The lowest BCUT2D eigenvalue weighted by atomic mass is 9.71. The van der Waals surface area contributed by atoms with E-state index in [9.17, 15) is 9.90 Å². The highest BCUT2D eigenvalue weighted by molar-refractivity contribution is 5.91. The van der Waals surface area contributed by atoms with Crippen molar-refractivity contribution in [3.05, 3.63) is 150 Å². The van der Waals surface area contributed by atoms with Crippen LogP contribution in [0.1, 0.15) is 73.9 Å². The molecule has 47 heavy (non-hydrogen) atoms. The summed E-state index contributed by atoms with van der Waals surface area (Å²) in [5, 5.41) is 11.8. The molecule has 0 aromatic heterocycles. The number of carboxylic acids is 1.